The monoisotopic (exact) mass is 482 g/mol. The Kier molecular flexibility index (Phi) is 6.50. The number of anilines is 1. The van der Waals surface area contributed by atoms with Crippen LogP contribution >= 0.6 is 23.4 Å². The minimum atomic E-state index is 0.451. The van der Waals surface area contributed by atoms with Gasteiger partial charge in [-0.15, -0.1) is 10.2 Å². The summed E-state index contributed by atoms with van der Waals surface area (Å²) in [5.41, 5.74) is 1.65. The molecule has 4 aromatic rings. The lowest BCUT2D eigenvalue weighted by atomic mass is 10.2. The average Bonchev–Trinajstić information content (AvgIpc) is 3.59. The molecule has 0 unspecified atom stereocenters. The van der Waals surface area contributed by atoms with Crippen LogP contribution in [-0.2, 0) is 5.75 Å². The number of para-hydroxylation sites is 2. The maximum atomic E-state index is 6.54. The van der Waals surface area contributed by atoms with Gasteiger partial charge < -0.3 is 14.2 Å². The molecule has 0 amide bonds. The molecule has 3 heterocycles. The Morgan fingerprint density at radius 3 is 2.67 bits per heavy atom. The fraction of sp³-hybridized carbons (Fsp3) is 0.304. The molecular weight excluding hydrogens is 460 g/mol. The van der Waals surface area contributed by atoms with Gasteiger partial charge in [-0.2, -0.15) is 4.98 Å². The van der Waals surface area contributed by atoms with Crippen LogP contribution in [0.2, 0.25) is 5.02 Å². The predicted octanol–water partition coefficient (Wildman–Crippen LogP) is 5.26. The fourth-order valence-electron chi connectivity index (χ4n) is 3.80. The van der Waals surface area contributed by atoms with Crippen LogP contribution in [0.4, 0.5) is 5.95 Å². The molecule has 2 aromatic carbocycles. The van der Waals surface area contributed by atoms with Crippen molar-refractivity contribution in [1.29, 1.82) is 0 Å². The van der Waals surface area contributed by atoms with E-state index in [9.17, 15) is 0 Å². The zero-order valence-corrected chi connectivity index (χ0v) is 19.7. The number of halogens is 1. The van der Waals surface area contributed by atoms with Gasteiger partial charge in [0.05, 0.1) is 28.6 Å². The summed E-state index contributed by atoms with van der Waals surface area (Å²) in [6.45, 7) is 4.42. The molecule has 1 fully saturated rings. The summed E-state index contributed by atoms with van der Waals surface area (Å²) >= 11 is 8.02. The summed E-state index contributed by atoms with van der Waals surface area (Å²) in [6, 6.07) is 15.4. The number of hydrogen-bond acceptors (Lipinski definition) is 8. The maximum Gasteiger partial charge on any atom is 0.237 e. The van der Waals surface area contributed by atoms with Crippen LogP contribution in [0.25, 0.3) is 17.1 Å². The van der Waals surface area contributed by atoms with Crippen LogP contribution in [0.5, 0.6) is 5.75 Å². The van der Waals surface area contributed by atoms with Crippen LogP contribution in [0.1, 0.15) is 25.7 Å². The number of hydrogen-bond donors (Lipinski definition) is 0. The smallest absolute Gasteiger partial charge is 0.237 e. The number of nitrogens with zero attached hydrogens (tertiary/aromatic N) is 6. The summed E-state index contributed by atoms with van der Waals surface area (Å²) < 4.78 is 13.2. The van der Waals surface area contributed by atoms with Gasteiger partial charge in [-0.25, -0.2) is 0 Å². The Balaban J connectivity index is 1.41. The van der Waals surface area contributed by atoms with Gasteiger partial charge in [0.1, 0.15) is 5.75 Å². The summed E-state index contributed by atoms with van der Waals surface area (Å²) in [7, 11) is 0. The highest BCUT2D eigenvalue weighted by atomic mass is 35.5. The molecule has 0 aliphatic carbocycles. The third-order valence-electron chi connectivity index (χ3n) is 5.32. The van der Waals surface area contributed by atoms with E-state index in [4.69, 9.17) is 20.9 Å². The molecule has 1 aliphatic rings. The summed E-state index contributed by atoms with van der Waals surface area (Å²) in [4.78, 5) is 6.82. The minimum absolute atomic E-state index is 0.451. The molecule has 5 rings (SSSR count). The third kappa shape index (κ3) is 4.56. The largest absolute Gasteiger partial charge is 0.493 e. The van der Waals surface area contributed by atoms with Crippen LogP contribution in [0.3, 0.4) is 0 Å². The summed E-state index contributed by atoms with van der Waals surface area (Å²) in [6.07, 6.45) is 2.29. The van der Waals surface area contributed by atoms with E-state index in [-0.39, 0.29) is 0 Å². The minimum Gasteiger partial charge on any atom is -0.493 e. The molecule has 170 valence electrons. The van der Waals surface area contributed by atoms with E-state index in [1.807, 2.05) is 60.0 Å². The average molecular weight is 483 g/mol. The Bertz CT molecular complexity index is 1240. The van der Waals surface area contributed by atoms with Crippen molar-refractivity contribution in [2.45, 2.75) is 30.7 Å². The molecule has 0 radical (unpaired) electrons. The molecule has 10 heteroatoms. The van der Waals surface area contributed by atoms with E-state index in [0.717, 1.165) is 54.0 Å². The number of benzene rings is 2. The molecule has 1 aliphatic heterocycles. The lowest BCUT2D eigenvalue weighted by Crippen LogP contribution is -2.22. The summed E-state index contributed by atoms with van der Waals surface area (Å²) in [5.74, 6) is 2.98. The second kappa shape index (κ2) is 9.84. The van der Waals surface area contributed by atoms with E-state index in [0.29, 0.717) is 29.1 Å². The molecule has 33 heavy (non-hydrogen) atoms. The zero-order chi connectivity index (χ0) is 22.6. The Hall–Kier alpha value is -3.04. The predicted molar refractivity (Wildman–Crippen MR) is 128 cm³/mol. The van der Waals surface area contributed by atoms with E-state index >= 15 is 0 Å². The molecule has 2 aromatic heterocycles. The highest BCUT2D eigenvalue weighted by Gasteiger charge is 2.24. The van der Waals surface area contributed by atoms with Gasteiger partial charge in [0.25, 0.3) is 0 Å². The Morgan fingerprint density at radius 1 is 1.06 bits per heavy atom. The first-order valence-electron chi connectivity index (χ1n) is 10.9. The number of ether oxygens (including phenoxy) is 1. The number of rotatable bonds is 8. The standard InChI is InChI=1S/C23H23ClN6O2S/c1-2-31-19-12-6-3-9-16(19)21-25-20(32-28-21)15-33-23-27-26-22(29-13-7-8-14-29)30(23)18-11-5-4-10-17(18)24/h3-6,9-12H,2,7-8,13-15H2,1H3. The number of aromatic nitrogens is 5. The van der Waals surface area contributed by atoms with Gasteiger partial charge >= 0.3 is 0 Å². The van der Waals surface area contributed by atoms with Crippen molar-refractivity contribution >= 4 is 29.3 Å². The number of thioether (sulfide) groups is 1. The van der Waals surface area contributed by atoms with Crippen LogP contribution in [0.15, 0.2) is 58.2 Å². The summed E-state index contributed by atoms with van der Waals surface area (Å²) in [5, 5.41) is 14.5. The lowest BCUT2D eigenvalue weighted by molar-refractivity contribution is 0.341. The highest BCUT2D eigenvalue weighted by Crippen LogP contribution is 2.33. The van der Waals surface area contributed by atoms with Gasteiger partial charge in [0.2, 0.25) is 17.7 Å². The first kappa shape index (κ1) is 21.8. The first-order chi connectivity index (χ1) is 16.2. The van der Waals surface area contributed by atoms with Crippen molar-refractivity contribution in [2.75, 3.05) is 24.6 Å². The van der Waals surface area contributed by atoms with E-state index < -0.39 is 0 Å². The topological polar surface area (TPSA) is 82.1 Å². The molecular formula is C23H23ClN6O2S. The second-order valence-corrected chi connectivity index (χ2v) is 8.84. The molecule has 1 saturated heterocycles. The third-order valence-corrected chi connectivity index (χ3v) is 6.55. The van der Waals surface area contributed by atoms with Crippen molar-refractivity contribution in [1.82, 2.24) is 24.9 Å². The second-order valence-electron chi connectivity index (χ2n) is 7.49. The van der Waals surface area contributed by atoms with Crippen molar-refractivity contribution in [3.05, 3.63) is 59.4 Å². The lowest BCUT2D eigenvalue weighted by Gasteiger charge is -2.18. The van der Waals surface area contributed by atoms with Gasteiger partial charge in [0.15, 0.2) is 5.16 Å². The quantitative estimate of drug-likeness (QED) is 0.314. The van der Waals surface area contributed by atoms with Crippen molar-refractivity contribution in [3.63, 3.8) is 0 Å². The molecule has 0 atom stereocenters. The van der Waals surface area contributed by atoms with Crippen molar-refractivity contribution in [3.8, 4) is 22.8 Å². The van der Waals surface area contributed by atoms with Gasteiger partial charge in [-0.05, 0) is 44.0 Å². The van der Waals surface area contributed by atoms with Crippen LogP contribution < -0.4 is 9.64 Å². The molecule has 8 nitrogen and oxygen atoms in total. The molecule has 0 spiro atoms. The molecule has 0 bridgehead atoms. The van der Waals surface area contributed by atoms with Crippen LogP contribution in [-0.4, -0.2) is 44.6 Å². The normalized spacial score (nSPS) is 13.6. The van der Waals surface area contributed by atoms with Gasteiger partial charge in [-0.3, -0.25) is 4.57 Å². The van der Waals surface area contributed by atoms with E-state index in [1.165, 1.54) is 11.8 Å². The van der Waals surface area contributed by atoms with Gasteiger partial charge in [-0.1, -0.05) is 52.8 Å². The van der Waals surface area contributed by atoms with E-state index in [2.05, 4.69) is 25.2 Å². The first-order valence-corrected chi connectivity index (χ1v) is 12.2. The van der Waals surface area contributed by atoms with E-state index in [1.54, 1.807) is 0 Å². The Labute approximate surface area is 200 Å². The molecule has 0 saturated carbocycles. The maximum absolute atomic E-state index is 6.54. The highest BCUT2D eigenvalue weighted by molar-refractivity contribution is 7.98. The Morgan fingerprint density at radius 2 is 1.85 bits per heavy atom. The van der Waals surface area contributed by atoms with Crippen molar-refractivity contribution < 1.29 is 9.26 Å². The SMILES string of the molecule is CCOc1ccccc1-c1noc(CSc2nnc(N3CCCC3)n2-c2ccccc2Cl)n1. The van der Waals surface area contributed by atoms with Crippen LogP contribution in [0, 0.1) is 0 Å². The molecule has 0 N–H and O–H groups in total. The fourth-order valence-corrected chi connectivity index (χ4v) is 4.80. The van der Waals surface area contributed by atoms with Crippen molar-refractivity contribution in [2.24, 2.45) is 0 Å². The van der Waals surface area contributed by atoms with Gasteiger partial charge in [0, 0.05) is 13.1 Å². The zero-order valence-electron chi connectivity index (χ0n) is 18.1.